The van der Waals surface area contributed by atoms with Gasteiger partial charge in [0.25, 0.3) is 0 Å². The first-order valence-corrected chi connectivity index (χ1v) is 7.39. The highest BCUT2D eigenvalue weighted by molar-refractivity contribution is 5.77. The first-order valence-electron chi connectivity index (χ1n) is 7.39. The van der Waals surface area contributed by atoms with E-state index >= 15 is 0 Å². The predicted molar refractivity (Wildman–Crippen MR) is 79.7 cm³/mol. The number of rotatable bonds is 7. The van der Waals surface area contributed by atoms with Crippen LogP contribution in [0.25, 0.3) is 0 Å². The van der Waals surface area contributed by atoms with E-state index in [0.717, 1.165) is 24.2 Å². The van der Waals surface area contributed by atoms with Gasteiger partial charge in [-0.1, -0.05) is 13.0 Å². The van der Waals surface area contributed by atoms with Crippen LogP contribution in [0.5, 0.6) is 11.5 Å². The van der Waals surface area contributed by atoms with E-state index in [2.05, 4.69) is 12.2 Å². The molecule has 0 amide bonds. The minimum Gasteiger partial charge on any atom is -0.493 e. The molecule has 116 valence electrons. The first kappa shape index (κ1) is 15.6. The lowest BCUT2D eigenvalue weighted by atomic mass is 10.1. The molecule has 0 aromatic heterocycles. The Morgan fingerprint density at radius 3 is 2.86 bits per heavy atom. The Balaban J connectivity index is 2.06. The molecule has 2 rings (SSSR count). The second-order valence-corrected chi connectivity index (χ2v) is 5.16. The molecule has 1 saturated heterocycles. The van der Waals surface area contributed by atoms with Gasteiger partial charge in [-0.3, -0.25) is 10.1 Å². The van der Waals surface area contributed by atoms with Crippen LogP contribution in [0, 0.1) is 0 Å². The van der Waals surface area contributed by atoms with E-state index in [1.807, 2.05) is 25.1 Å². The molecule has 1 N–H and O–H groups in total. The fourth-order valence-electron chi connectivity index (χ4n) is 2.33. The van der Waals surface area contributed by atoms with Gasteiger partial charge in [-0.2, -0.15) is 0 Å². The van der Waals surface area contributed by atoms with Crippen molar-refractivity contribution in [1.82, 2.24) is 5.32 Å². The Morgan fingerprint density at radius 1 is 1.43 bits per heavy atom. The minimum absolute atomic E-state index is 0.0368. The molecule has 5 heteroatoms. The summed E-state index contributed by atoms with van der Waals surface area (Å²) in [6.07, 6.45) is 1.67. The second kappa shape index (κ2) is 7.31. The third-order valence-corrected chi connectivity index (χ3v) is 3.54. The van der Waals surface area contributed by atoms with E-state index in [1.165, 1.54) is 0 Å². The van der Waals surface area contributed by atoms with E-state index in [1.54, 1.807) is 7.11 Å². The molecule has 1 fully saturated rings. The van der Waals surface area contributed by atoms with Crippen molar-refractivity contribution in [2.45, 2.75) is 38.8 Å². The molecular weight excluding hydrogens is 270 g/mol. The quantitative estimate of drug-likeness (QED) is 0.783. The number of carbonyl (C=O) groups excluding carboxylic acids is 1. The van der Waals surface area contributed by atoms with Gasteiger partial charge in [0.1, 0.15) is 6.04 Å². The number of carbonyl (C=O) groups is 1. The maximum Gasteiger partial charge on any atom is 0.323 e. The van der Waals surface area contributed by atoms with Crippen LogP contribution in [0.1, 0.15) is 38.3 Å². The normalized spacial score (nSPS) is 19.2. The lowest BCUT2D eigenvalue weighted by molar-refractivity contribution is -0.139. The predicted octanol–water partition coefficient (Wildman–Crippen LogP) is 2.45. The van der Waals surface area contributed by atoms with Crippen LogP contribution in [0.2, 0.25) is 0 Å². The van der Waals surface area contributed by atoms with Crippen molar-refractivity contribution in [3.05, 3.63) is 23.8 Å². The number of nitrogens with one attached hydrogen (secondary N) is 1. The number of ether oxygens (including phenoxy) is 3. The lowest BCUT2D eigenvalue weighted by Crippen LogP contribution is -2.35. The lowest BCUT2D eigenvalue weighted by Gasteiger charge is -2.19. The highest BCUT2D eigenvalue weighted by Crippen LogP contribution is 2.30. The summed E-state index contributed by atoms with van der Waals surface area (Å²) in [6.45, 7) is 5.24. The molecule has 0 aliphatic carbocycles. The van der Waals surface area contributed by atoms with Crippen LogP contribution in [-0.4, -0.2) is 32.3 Å². The summed E-state index contributed by atoms with van der Waals surface area (Å²) in [5.74, 6) is 1.29. The van der Waals surface area contributed by atoms with E-state index in [0.29, 0.717) is 19.0 Å². The summed E-state index contributed by atoms with van der Waals surface area (Å²) in [5, 5.41) is 3.29. The average Bonchev–Trinajstić information content (AvgIpc) is 2.90. The average molecular weight is 293 g/mol. The van der Waals surface area contributed by atoms with E-state index in [9.17, 15) is 4.79 Å². The number of hydrogen-bond donors (Lipinski definition) is 1. The summed E-state index contributed by atoms with van der Waals surface area (Å²) in [4.78, 5) is 11.5. The third-order valence-electron chi connectivity index (χ3n) is 3.54. The fraction of sp³-hybridized carbons (Fsp3) is 0.562. The fourth-order valence-corrected chi connectivity index (χ4v) is 2.33. The van der Waals surface area contributed by atoms with Gasteiger partial charge in [0.15, 0.2) is 11.5 Å². The Kier molecular flexibility index (Phi) is 5.44. The Bertz CT molecular complexity index is 489. The van der Waals surface area contributed by atoms with Gasteiger partial charge in [-0.25, -0.2) is 0 Å². The van der Waals surface area contributed by atoms with Crippen LogP contribution in [-0.2, 0) is 9.53 Å². The Hall–Kier alpha value is -1.75. The molecule has 0 spiro atoms. The molecule has 1 aromatic carbocycles. The smallest absolute Gasteiger partial charge is 0.323 e. The summed E-state index contributed by atoms with van der Waals surface area (Å²) >= 11 is 0. The van der Waals surface area contributed by atoms with Crippen molar-refractivity contribution in [1.29, 1.82) is 0 Å². The molecule has 21 heavy (non-hydrogen) atoms. The monoisotopic (exact) mass is 293 g/mol. The number of cyclic esters (lactones) is 1. The maximum atomic E-state index is 11.5. The van der Waals surface area contributed by atoms with Crippen LogP contribution in [0.3, 0.4) is 0 Å². The molecule has 0 radical (unpaired) electrons. The van der Waals surface area contributed by atoms with Crippen molar-refractivity contribution >= 4 is 5.97 Å². The maximum absolute atomic E-state index is 11.5. The summed E-state index contributed by atoms with van der Waals surface area (Å²) in [6, 6.07) is 5.67. The number of hydrogen-bond acceptors (Lipinski definition) is 5. The van der Waals surface area contributed by atoms with Crippen LogP contribution in [0.4, 0.5) is 0 Å². The highest BCUT2D eigenvalue weighted by Gasteiger charge is 2.27. The molecule has 1 aromatic rings. The van der Waals surface area contributed by atoms with Crippen molar-refractivity contribution in [2.24, 2.45) is 0 Å². The number of esters is 1. The molecule has 2 atom stereocenters. The highest BCUT2D eigenvalue weighted by atomic mass is 16.5. The SMILES string of the molecule is CCCOc1ccc([C@@H](C)N[C@H]2CCOC2=O)cc1OC. The van der Waals surface area contributed by atoms with Gasteiger partial charge in [0.05, 0.1) is 20.3 Å². The van der Waals surface area contributed by atoms with Crippen molar-refractivity contribution in [3.8, 4) is 11.5 Å². The minimum atomic E-state index is -0.220. The van der Waals surface area contributed by atoms with Crippen LogP contribution < -0.4 is 14.8 Å². The van der Waals surface area contributed by atoms with E-state index < -0.39 is 0 Å². The summed E-state index contributed by atoms with van der Waals surface area (Å²) < 4.78 is 16.0. The van der Waals surface area contributed by atoms with Gasteiger partial charge < -0.3 is 14.2 Å². The number of benzene rings is 1. The zero-order chi connectivity index (χ0) is 15.2. The van der Waals surface area contributed by atoms with E-state index in [-0.39, 0.29) is 18.1 Å². The largest absolute Gasteiger partial charge is 0.493 e. The van der Waals surface area contributed by atoms with Gasteiger partial charge in [-0.15, -0.1) is 0 Å². The Labute approximate surface area is 125 Å². The molecule has 0 saturated carbocycles. The zero-order valence-electron chi connectivity index (χ0n) is 12.8. The summed E-state index contributed by atoms with van der Waals surface area (Å²) in [7, 11) is 1.63. The standard InChI is InChI=1S/C16H23NO4/c1-4-8-20-14-6-5-12(10-15(14)19-3)11(2)17-13-7-9-21-16(13)18/h5-6,10-11,13,17H,4,7-9H2,1-3H3/t11-,13+/m1/s1. The molecule has 5 nitrogen and oxygen atoms in total. The topological polar surface area (TPSA) is 56.8 Å². The van der Waals surface area contributed by atoms with Crippen molar-refractivity contribution in [2.75, 3.05) is 20.3 Å². The van der Waals surface area contributed by atoms with Crippen molar-refractivity contribution < 1.29 is 19.0 Å². The Morgan fingerprint density at radius 2 is 2.24 bits per heavy atom. The molecular formula is C16H23NO4. The molecule has 1 heterocycles. The first-order chi connectivity index (χ1) is 10.2. The molecule has 0 unspecified atom stereocenters. The number of methoxy groups -OCH3 is 1. The van der Waals surface area contributed by atoms with Crippen LogP contribution in [0.15, 0.2) is 18.2 Å². The van der Waals surface area contributed by atoms with Gasteiger partial charge in [0, 0.05) is 12.5 Å². The zero-order valence-corrected chi connectivity index (χ0v) is 12.8. The van der Waals surface area contributed by atoms with E-state index in [4.69, 9.17) is 14.2 Å². The van der Waals surface area contributed by atoms with Gasteiger partial charge in [0.2, 0.25) is 0 Å². The molecule has 1 aliphatic rings. The second-order valence-electron chi connectivity index (χ2n) is 5.16. The summed E-state index contributed by atoms with van der Waals surface area (Å²) in [5.41, 5.74) is 1.05. The molecule has 1 aliphatic heterocycles. The third kappa shape index (κ3) is 3.88. The van der Waals surface area contributed by atoms with Gasteiger partial charge >= 0.3 is 5.97 Å². The molecule has 0 bridgehead atoms. The van der Waals surface area contributed by atoms with Gasteiger partial charge in [-0.05, 0) is 31.0 Å². The van der Waals surface area contributed by atoms with Crippen LogP contribution >= 0.6 is 0 Å². The van der Waals surface area contributed by atoms with Crippen molar-refractivity contribution in [3.63, 3.8) is 0 Å².